The Labute approximate surface area is 253 Å². The minimum atomic E-state index is -1.11. The van der Waals surface area contributed by atoms with Crippen molar-refractivity contribution < 1.29 is 38.9 Å². The average molecular weight is 596 g/mol. The number of piperidine rings is 1. The van der Waals surface area contributed by atoms with Crippen LogP contribution < -0.4 is 0 Å². The molecule has 1 saturated heterocycles. The SMILES string of the molecule is COCCCC(=O)CC(CC(=O)C1CCN(C(=O)CCCCCCCCCCCCCCCCC(=O)O)CC1)C(=O)O. The molecule has 9 heteroatoms. The van der Waals surface area contributed by atoms with Crippen LogP contribution in [0.25, 0.3) is 0 Å². The van der Waals surface area contributed by atoms with Crippen molar-refractivity contribution in [3.63, 3.8) is 0 Å². The van der Waals surface area contributed by atoms with Gasteiger partial charge in [-0.25, -0.2) is 0 Å². The van der Waals surface area contributed by atoms with Gasteiger partial charge in [0.1, 0.15) is 11.6 Å². The lowest BCUT2D eigenvalue weighted by molar-refractivity contribution is -0.146. The van der Waals surface area contributed by atoms with Gasteiger partial charge >= 0.3 is 11.9 Å². The highest BCUT2D eigenvalue weighted by molar-refractivity contribution is 5.89. The van der Waals surface area contributed by atoms with Crippen LogP contribution in [-0.2, 0) is 28.7 Å². The number of nitrogens with zero attached hydrogens (tertiary/aromatic N) is 1. The Kier molecular flexibility index (Phi) is 21.7. The molecule has 0 bridgehead atoms. The van der Waals surface area contributed by atoms with Crippen LogP contribution in [0.2, 0.25) is 0 Å². The van der Waals surface area contributed by atoms with E-state index in [-0.39, 0.29) is 42.7 Å². The lowest BCUT2D eigenvalue weighted by atomic mass is 9.85. The maximum atomic E-state index is 12.8. The summed E-state index contributed by atoms with van der Waals surface area (Å²) in [6.45, 7) is 1.52. The normalized spacial score (nSPS) is 14.5. The van der Waals surface area contributed by atoms with E-state index in [1.807, 2.05) is 4.90 Å². The van der Waals surface area contributed by atoms with Gasteiger partial charge < -0.3 is 19.8 Å². The Bertz CT molecular complexity index is 791. The number of carboxylic acids is 2. The standard InChI is InChI=1S/C33H57NO8/c1-42-24-16-17-29(35)25-28(33(40)41)26-30(36)27-20-22-34(23-21-27)31(37)18-14-12-10-8-6-4-2-3-5-7-9-11-13-15-19-32(38)39/h27-28H,2-26H2,1H3,(H,38,39)(H,40,41). The number of ether oxygens (including phenoxy) is 1. The summed E-state index contributed by atoms with van der Waals surface area (Å²) < 4.78 is 4.93. The molecule has 242 valence electrons. The lowest BCUT2D eigenvalue weighted by Crippen LogP contribution is -2.40. The van der Waals surface area contributed by atoms with Crippen molar-refractivity contribution in [2.45, 2.75) is 141 Å². The molecule has 0 aromatic heterocycles. The zero-order chi connectivity index (χ0) is 31.0. The van der Waals surface area contributed by atoms with Crippen molar-refractivity contribution in [2.24, 2.45) is 11.8 Å². The van der Waals surface area contributed by atoms with Crippen molar-refractivity contribution in [1.29, 1.82) is 0 Å². The smallest absolute Gasteiger partial charge is 0.307 e. The van der Waals surface area contributed by atoms with E-state index in [0.29, 0.717) is 51.8 Å². The predicted octanol–water partition coefficient (Wildman–Crippen LogP) is 6.60. The number of amides is 1. The van der Waals surface area contributed by atoms with E-state index in [2.05, 4.69) is 0 Å². The molecule has 2 N–H and O–H groups in total. The number of carbonyl (C=O) groups excluding carboxylic acids is 3. The summed E-state index contributed by atoms with van der Waals surface area (Å²) in [7, 11) is 1.55. The molecule has 0 spiro atoms. The minimum absolute atomic E-state index is 0.107. The van der Waals surface area contributed by atoms with Gasteiger partial charge in [-0.05, 0) is 32.1 Å². The summed E-state index contributed by atoms with van der Waals surface area (Å²) >= 11 is 0. The zero-order valence-corrected chi connectivity index (χ0v) is 26.1. The van der Waals surface area contributed by atoms with Crippen molar-refractivity contribution in [3.05, 3.63) is 0 Å². The Morgan fingerprint density at radius 3 is 1.60 bits per heavy atom. The zero-order valence-electron chi connectivity index (χ0n) is 26.1. The number of aliphatic carboxylic acids is 2. The molecule has 0 saturated carbocycles. The number of hydrogen-bond acceptors (Lipinski definition) is 6. The molecule has 0 aromatic rings. The fourth-order valence-electron chi connectivity index (χ4n) is 5.73. The van der Waals surface area contributed by atoms with E-state index < -0.39 is 17.9 Å². The second-order valence-electron chi connectivity index (χ2n) is 12.0. The maximum Gasteiger partial charge on any atom is 0.307 e. The first-order valence-electron chi connectivity index (χ1n) is 16.5. The fourth-order valence-corrected chi connectivity index (χ4v) is 5.73. The first kappa shape index (κ1) is 37.7. The van der Waals surface area contributed by atoms with Gasteiger partial charge in [0.25, 0.3) is 0 Å². The molecule has 1 aliphatic heterocycles. The van der Waals surface area contributed by atoms with Crippen LogP contribution in [0.5, 0.6) is 0 Å². The molecule has 0 aliphatic carbocycles. The van der Waals surface area contributed by atoms with Crippen LogP contribution in [0.4, 0.5) is 0 Å². The summed E-state index contributed by atoms with van der Waals surface area (Å²) in [4.78, 5) is 61.4. The van der Waals surface area contributed by atoms with E-state index in [9.17, 15) is 29.1 Å². The van der Waals surface area contributed by atoms with Crippen molar-refractivity contribution in [2.75, 3.05) is 26.8 Å². The van der Waals surface area contributed by atoms with Gasteiger partial charge in [0.05, 0.1) is 5.92 Å². The van der Waals surface area contributed by atoms with E-state index in [0.717, 1.165) is 38.5 Å². The highest BCUT2D eigenvalue weighted by Crippen LogP contribution is 2.24. The summed E-state index contributed by atoms with van der Waals surface area (Å²) in [5.74, 6) is -3.14. The first-order chi connectivity index (χ1) is 20.2. The Morgan fingerprint density at radius 2 is 1.14 bits per heavy atom. The van der Waals surface area contributed by atoms with E-state index >= 15 is 0 Å². The molecule has 0 radical (unpaired) electrons. The number of rotatable bonds is 27. The second-order valence-corrected chi connectivity index (χ2v) is 12.0. The number of Topliss-reactive ketones (excluding diaryl/α,β-unsaturated/α-hetero) is 2. The Morgan fingerprint density at radius 1 is 0.667 bits per heavy atom. The van der Waals surface area contributed by atoms with Gasteiger partial charge in [0, 0.05) is 64.8 Å². The van der Waals surface area contributed by atoms with E-state index in [1.165, 1.54) is 51.4 Å². The molecule has 1 unspecified atom stereocenters. The molecule has 42 heavy (non-hydrogen) atoms. The number of likely N-dealkylation sites (tertiary alicyclic amines) is 1. The lowest BCUT2D eigenvalue weighted by Gasteiger charge is -2.31. The van der Waals surface area contributed by atoms with Gasteiger partial charge in [-0.2, -0.15) is 0 Å². The maximum absolute atomic E-state index is 12.8. The number of hydrogen-bond donors (Lipinski definition) is 2. The van der Waals surface area contributed by atoms with Gasteiger partial charge in [-0.15, -0.1) is 0 Å². The van der Waals surface area contributed by atoms with Crippen LogP contribution in [0.3, 0.4) is 0 Å². The first-order valence-corrected chi connectivity index (χ1v) is 16.5. The monoisotopic (exact) mass is 595 g/mol. The average Bonchev–Trinajstić information content (AvgIpc) is 2.96. The van der Waals surface area contributed by atoms with Crippen molar-refractivity contribution >= 4 is 29.4 Å². The van der Waals surface area contributed by atoms with Crippen LogP contribution in [0.1, 0.15) is 141 Å². The summed E-state index contributed by atoms with van der Waals surface area (Å²) in [5.41, 5.74) is 0. The molecular formula is C33H57NO8. The number of carbonyl (C=O) groups is 5. The van der Waals surface area contributed by atoms with E-state index in [4.69, 9.17) is 9.84 Å². The molecule has 0 aromatic carbocycles. The third-order valence-corrected chi connectivity index (χ3v) is 8.41. The third-order valence-electron chi connectivity index (χ3n) is 8.41. The number of ketones is 2. The van der Waals surface area contributed by atoms with Crippen LogP contribution >= 0.6 is 0 Å². The second kappa shape index (κ2) is 24.2. The molecular weight excluding hydrogens is 538 g/mol. The molecule has 1 heterocycles. The third kappa shape index (κ3) is 19.0. The Balaban J connectivity index is 2.06. The van der Waals surface area contributed by atoms with Gasteiger partial charge in [-0.3, -0.25) is 24.0 Å². The van der Waals surface area contributed by atoms with Gasteiger partial charge in [0.15, 0.2) is 0 Å². The van der Waals surface area contributed by atoms with Crippen molar-refractivity contribution in [1.82, 2.24) is 4.90 Å². The van der Waals surface area contributed by atoms with Crippen LogP contribution in [0, 0.1) is 11.8 Å². The molecule has 1 amide bonds. The molecule has 1 atom stereocenters. The van der Waals surface area contributed by atoms with Crippen LogP contribution in [0.15, 0.2) is 0 Å². The quantitative estimate of drug-likeness (QED) is 0.101. The Hall–Kier alpha value is -2.29. The van der Waals surface area contributed by atoms with Crippen LogP contribution in [-0.4, -0.2) is 71.3 Å². The predicted molar refractivity (Wildman–Crippen MR) is 162 cm³/mol. The van der Waals surface area contributed by atoms with Crippen molar-refractivity contribution in [3.8, 4) is 0 Å². The summed E-state index contributed by atoms with van der Waals surface area (Å²) in [5, 5.41) is 18.1. The highest BCUT2D eigenvalue weighted by atomic mass is 16.5. The van der Waals surface area contributed by atoms with E-state index in [1.54, 1.807) is 7.11 Å². The molecule has 1 fully saturated rings. The number of unbranched alkanes of at least 4 members (excludes halogenated alkanes) is 13. The minimum Gasteiger partial charge on any atom is -0.481 e. The summed E-state index contributed by atoms with van der Waals surface area (Å²) in [6, 6.07) is 0. The highest BCUT2D eigenvalue weighted by Gasteiger charge is 2.31. The molecule has 1 aliphatic rings. The number of methoxy groups -OCH3 is 1. The largest absolute Gasteiger partial charge is 0.481 e. The summed E-state index contributed by atoms with van der Waals surface area (Å²) in [6.07, 6.45) is 18.6. The van der Waals surface area contributed by atoms with Gasteiger partial charge in [0.2, 0.25) is 5.91 Å². The topological polar surface area (TPSA) is 138 Å². The molecule has 1 rings (SSSR count). The molecule has 9 nitrogen and oxygen atoms in total. The van der Waals surface area contributed by atoms with Gasteiger partial charge in [-0.1, -0.05) is 77.0 Å². The number of carboxylic acid groups (broad SMARTS) is 2. The fraction of sp³-hybridized carbons (Fsp3) is 0.848.